The van der Waals surface area contributed by atoms with E-state index >= 15 is 0 Å². The van der Waals surface area contributed by atoms with Gasteiger partial charge in [0.15, 0.2) is 0 Å². The maximum absolute atomic E-state index is 4.19. The fourth-order valence-corrected chi connectivity index (χ4v) is 3.15. The zero-order valence-corrected chi connectivity index (χ0v) is 10.8. The monoisotopic (exact) mass is 261 g/mol. The van der Waals surface area contributed by atoms with Gasteiger partial charge in [-0.15, -0.1) is 0 Å². The predicted octanol–water partition coefficient (Wildman–Crippen LogP) is 4.37. The minimum atomic E-state index is 0.274. The molecule has 0 N–H and O–H groups in total. The molecule has 1 aromatic rings. The minimum absolute atomic E-state index is 0.274. The number of unbranched alkanes of at least 4 members (excludes halogenated alkanes) is 1. The van der Waals surface area contributed by atoms with Gasteiger partial charge in [-0.05, 0) is 33.9 Å². The third-order valence-corrected chi connectivity index (χ3v) is 4.33. The second-order valence-electron chi connectivity index (χ2n) is 3.99. The number of hydrogen-bond acceptors (Lipinski definition) is 2. The van der Waals surface area contributed by atoms with Gasteiger partial charge >= 0.3 is 0 Å². The molecule has 0 saturated carbocycles. The van der Waals surface area contributed by atoms with Crippen LogP contribution in [-0.2, 0) is 5.41 Å². The average Bonchev–Trinajstić information content (AvgIpc) is 2.48. The lowest BCUT2D eigenvalue weighted by Crippen LogP contribution is -2.15. The standard InChI is InChI=1S/C10H16BrNS/c1-4-5-6-10(2,3)9-8(11)7-12-13-9/h7H,4-6H2,1-3H3. The molecule has 1 rings (SSSR count). The van der Waals surface area contributed by atoms with E-state index in [9.17, 15) is 0 Å². The molecule has 0 aliphatic rings. The molecular formula is C10H16BrNS. The van der Waals surface area contributed by atoms with Gasteiger partial charge in [-0.1, -0.05) is 33.6 Å². The van der Waals surface area contributed by atoms with Crippen molar-refractivity contribution < 1.29 is 0 Å². The molecule has 0 radical (unpaired) electrons. The summed E-state index contributed by atoms with van der Waals surface area (Å²) in [5.41, 5.74) is 0.274. The van der Waals surface area contributed by atoms with E-state index in [0.29, 0.717) is 0 Å². The van der Waals surface area contributed by atoms with Crippen molar-refractivity contribution in [1.82, 2.24) is 4.37 Å². The van der Waals surface area contributed by atoms with Gasteiger partial charge < -0.3 is 0 Å². The first-order valence-electron chi connectivity index (χ1n) is 4.68. The number of rotatable bonds is 4. The van der Waals surface area contributed by atoms with Crippen LogP contribution in [0, 0.1) is 0 Å². The van der Waals surface area contributed by atoms with Crippen LogP contribution in [0.2, 0.25) is 0 Å². The highest BCUT2D eigenvalue weighted by Gasteiger charge is 2.24. The largest absolute Gasteiger partial charge is 0.200 e. The van der Waals surface area contributed by atoms with Crippen molar-refractivity contribution in [2.75, 3.05) is 0 Å². The van der Waals surface area contributed by atoms with Crippen molar-refractivity contribution in [2.24, 2.45) is 0 Å². The van der Waals surface area contributed by atoms with E-state index in [1.807, 2.05) is 6.20 Å². The van der Waals surface area contributed by atoms with Gasteiger partial charge in [0.2, 0.25) is 0 Å². The molecule has 0 unspecified atom stereocenters. The molecule has 0 aliphatic carbocycles. The molecular weight excluding hydrogens is 246 g/mol. The first-order valence-corrected chi connectivity index (χ1v) is 6.25. The first kappa shape index (κ1) is 11.2. The maximum Gasteiger partial charge on any atom is 0.0552 e. The summed E-state index contributed by atoms with van der Waals surface area (Å²) in [5.74, 6) is 0. The van der Waals surface area contributed by atoms with Crippen LogP contribution in [0.3, 0.4) is 0 Å². The summed E-state index contributed by atoms with van der Waals surface area (Å²) in [6.07, 6.45) is 5.69. The lowest BCUT2D eigenvalue weighted by Gasteiger charge is -2.22. The fourth-order valence-electron chi connectivity index (χ4n) is 1.41. The smallest absolute Gasteiger partial charge is 0.0552 e. The Morgan fingerprint density at radius 2 is 2.23 bits per heavy atom. The lowest BCUT2D eigenvalue weighted by molar-refractivity contribution is 0.464. The van der Waals surface area contributed by atoms with E-state index in [-0.39, 0.29) is 5.41 Å². The normalized spacial score (nSPS) is 12.0. The Bertz CT molecular complexity index is 268. The molecule has 1 aromatic heterocycles. The van der Waals surface area contributed by atoms with Crippen LogP contribution in [0.15, 0.2) is 10.7 Å². The highest BCUT2D eigenvalue weighted by Crippen LogP contribution is 2.36. The van der Waals surface area contributed by atoms with Crippen LogP contribution in [0.5, 0.6) is 0 Å². The van der Waals surface area contributed by atoms with Crippen molar-refractivity contribution in [3.05, 3.63) is 15.5 Å². The van der Waals surface area contributed by atoms with Gasteiger partial charge in [0.25, 0.3) is 0 Å². The molecule has 0 spiro atoms. The number of hydrogen-bond donors (Lipinski definition) is 0. The summed E-state index contributed by atoms with van der Waals surface area (Å²) in [4.78, 5) is 1.38. The third-order valence-electron chi connectivity index (χ3n) is 2.30. The fraction of sp³-hybridized carbons (Fsp3) is 0.700. The molecule has 74 valence electrons. The Hall–Kier alpha value is 0.110. The lowest BCUT2D eigenvalue weighted by atomic mass is 9.86. The van der Waals surface area contributed by atoms with Crippen LogP contribution in [0.1, 0.15) is 44.9 Å². The van der Waals surface area contributed by atoms with Crippen molar-refractivity contribution in [3.8, 4) is 0 Å². The molecule has 0 amide bonds. The van der Waals surface area contributed by atoms with Crippen LogP contribution >= 0.6 is 27.5 Å². The molecule has 0 atom stereocenters. The molecule has 0 aromatic carbocycles. The molecule has 13 heavy (non-hydrogen) atoms. The van der Waals surface area contributed by atoms with Crippen molar-refractivity contribution in [1.29, 1.82) is 0 Å². The van der Waals surface area contributed by atoms with E-state index in [1.165, 1.54) is 28.6 Å². The van der Waals surface area contributed by atoms with Gasteiger partial charge in [-0.3, -0.25) is 0 Å². The molecule has 1 nitrogen and oxygen atoms in total. The second kappa shape index (κ2) is 4.56. The summed E-state index contributed by atoms with van der Waals surface area (Å²) in [6, 6.07) is 0. The van der Waals surface area contributed by atoms with E-state index in [4.69, 9.17) is 0 Å². The average molecular weight is 262 g/mol. The molecule has 1 heterocycles. The number of halogens is 1. The molecule has 3 heteroatoms. The molecule has 0 aliphatic heterocycles. The van der Waals surface area contributed by atoms with Gasteiger partial charge in [0, 0.05) is 10.3 Å². The topological polar surface area (TPSA) is 12.9 Å². The summed E-state index contributed by atoms with van der Waals surface area (Å²) in [6.45, 7) is 6.82. The van der Waals surface area contributed by atoms with E-state index in [1.54, 1.807) is 11.5 Å². The van der Waals surface area contributed by atoms with Gasteiger partial charge in [0.1, 0.15) is 0 Å². The summed E-state index contributed by atoms with van der Waals surface area (Å²) in [5, 5.41) is 0. The Balaban J connectivity index is 2.74. The van der Waals surface area contributed by atoms with Gasteiger partial charge in [0.05, 0.1) is 10.7 Å². The molecule has 0 saturated heterocycles. The van der Waals surface area contributed by atoms with Gasteiger partial charge in [-0.2, -0.15) is 4.37 Å². The Labute approximate surface area is 92.9 Å². The highest BCUT2D eigenvalue weighted by molar-refractivity contribution is 9.10. The first-order chi connectivity index (χ1) is 6.08. The third kappa shape index (κ3) is 2.78. The van der Waals surface area contributed by atoms with Crippen molar-refractivity contribution in [2.45, 2.75) is 45.4 Å². The predicted molar refractivity (Wildman–Crippen MR) is 62.4 cm³/mol. The van der Waals surface area contributed by atoms with Crippen molar-refractivity contribution in [3.63, 3.8) is 0 Å². The minimum Gasteiger partial charge on any atom is -0.200 e. The number of aromatic nitrogens is 1. The van der Waals surface area contributed by atoms with Gasteiger partial charge in [-0.25, -0.2) is 0 Å². The zero-order valence-electron chi connectivity index (χ0n) is 8.43. The van der Waals surface area contributed by atoms with E-state index in [2.05, 4.69) is 41.1 Å². The SMILES string of the molecule is CCCCC(C)(C)c1sncc1Br. The quantitative estimate of drug-likeness (QED) is 0.785. The van der Waals surface area contributed by atoms with E-state index < -0.39 is 0 Å². The number of nitrogens with zero attached hydrogens (tertiary/aromatic N) is 1. The Morgan fingerprint density at radius 3 is 2.69 bits per heavy atom. The molecule has 0 fully saturated rings. The van der Waals surface area contributed by atoms with Crippen LogP contribution < -0.4 is 0 Å². The Morgan fingerprint density at radius 1 is 1.54 bits per heavy atom. The summed E-state index contributed by atoms with van der Waals surface area (Å²) < 4.78 is 5.36. The van der Waals surface area contributed by atoms with Crippen molar-refractivity contribution >= 4 is 27.5 Å². The molecule has 0 bridgehead atoms. The van der Waals surface area contributed by atoms with Crippen LogP contribution in [-0.4, -0.2) is 4.37 Å². The zero-order chi connectivity index (χ0) is 9.90. The highest BCUT2D eigenvalue weighted by atomic mass is 79.9. The summed E-state index contributed by atoms with van der Waals surface area (Å²) >= 11 is 5.15. The Kier molecular flexibility index (Phi) is 3.92. The maximum atomic E-state index is 4.19. The van der Waals surface area contributed by atoms with Crippen LogP contribution in [0.25, 0.3) is 0 Å². The summed E-state index contributed by atoms with van der Waals surface area (Å²) in [7, 11) is 0. The second-order valence-corrected chi connectivity index (χ2v) is 5.65. The van der Waals surface area contributed by atoms with E-state index in [0.717, 1.165) is 0 Å². The van der Waals surface area contributed by atoms with Crippen LogP contribution in [0.4, 0.5) is 0 Å².